The summed E-state index contributed by atoms with van der Waals surface area (Å²) in [5.74, 6) is 1.43. The molecule has 3 aromatic carbocycles. The fraction of sp³-hybridized carbons (Fsp3) is 0.231. The number of aryl methyl sites for hydroxylation is 1. The number of carbonyl (C=O) groups excluding carboxylic acids is 1. The largest absolute Gasteiger partial charge is 0.497 e. The first-order valence-corrected chi connectivity index (χ1v) is 13.1. The summed E-state index contributed by atoms with van der Waals surface area (Å²) in [4.78, 5) is 13.9. The van der Waals surface area contributed by atoms with E-state index in [0.717, 1.165) is 5.56 Å². The molecule has 0 bridgehead atoms. The SMILES string of the molecule is COc1ccc(OC(=O)N2CCN(S(=O)(=O)c3cc(C#N)ccc3Oc3cc(C)cc(Cl)c3)CC2)cc1. The number of benzene rings is 3. The maximum absolute atomic E-state index is 13.6. The second-order valence-electron chi connectivity index (χ2n) is 8.27. The molecule has 1 aliphatic rings. The fourth-order valence-corrected chi connectivity index (χ4v) is 5.65. The molecule has 0 unspecified atom stereocenters. The van der Waals surface area contributed by atoms with Gasteiger partial charge in [-0.2, -0.15) is 9.57 Å². The number of hydrogen-bond acceptors (Lipinski definition) is 7. The summed E-state index contributed by atoms with van der Waals surface area (Å²) in [7, 11) is -2.51. The lowest BCUT2D eigenvalue weighted by Crippen LogP contribution is -2.51. The van der Waals surface area contributed by atoms with Crippen molar-refractivity contribution in [1.29, 1.82) is 5.26 Å². The van der Waals surface area contributed by atoms with E-state index in [2.05, 4.69) is 0 Å². The first-order valence-electron chi connectivity index (χ1n) is 11.3. The van der Waals surface area contributed by atoms with E-state index in [4.69, 9.17) is 25.8 Å². The molecule has 1 aliphatic heterocycles. The van der Waals surface area contributed by atoms with Crippen LogP contribution in [0.5, 0.6) is 23.0 Å². The molecule has 192 valence electrons. The molecule has 11 heteroatoms. The molecule has 4 rings (SSSR count). The first kappa shape index (κ1) is 26.3. The normalized spacial score (nSPS) is 14.1. The number of rotatable bonds is 6. The highest BCUT2D eigenvalue weighted by molar-refractivity contribution is 7.89. The van der Waals surface area contributed by atoms with Crippen LogP contribution < -0.4 is 14.2 Å². The maximum Gasteiger partial charge on any atom is 0.415 e. The van der Waals surface area contributed by atoms with Crippen LogP contribution in [0.25, 0.3) is 0 Å². The van der Waals surface area contributed by atoms with Gasteiger partial charge in [-0.3, -0.25) is 0 Å². The molecular weight excluding hydrogens is 518 g/mol. The highest BCUT2D eigenvalue weighted by atomic mass is 35.5. The highest BCUT2D eigenvalue weighted by Crippen LogP contribution is 2.33. The van der Waals surface area contributed by atoms with Gasteiger partial charge in [-0.05, 0) is 73.2 Å². The van der Waals surface area contributed by atoms with E-state index in [1.165, 1.54) is 27.4 Å². The molecule has 0 spiro atoms. The minimum absolute atomic E-state index is 0.0482. The number of amides is 1. The predicted octanol–water partition coefficient (Wildman–Crippen LogP) is 4.83. The van der Waals surface area contributed by atoms with Gasteiger partial charge in [-0.15, -0.1) is 0 Å². The summed E-state index contributed by atoms with van der Waals surface area (Å²) >= 11 is 6.12. The molecule has 0 atom stereocenters. The second kappa shape index (κ2) is 11.1. The minimum atomic E-state index is -4.05. The summed E-state index contributed by atoms with van der Waals surface area (Å²) in [6.45, 7) is 2.21. The molecule has 1 amide bonds. The van der Waals surface area contributed by atoms with Crippen LogP contribution in [-0.2, 0) is 10.0 Å². The number of carbonyl (C=O) groups is 1. The van der Waals surface area contributed by atoms with Crippen molar-refractivity contribution >= 4 is 27.7 Å². The Kier molecular flexibility index (Phi) is 7.88. The van der Waals surface area contributed by atoms with Crippen molar-refractivity contribution < 1.29 is 27.4 Å². The number of methoxy groups -OCH3 is 1. The van der Waals surface area contributed by atoms with Crippen molar-refractivity contribution in [3.8, 4) is 29.1 Å². The van der Waals surface area contributed by atoms with E-state index in [0.29, 0.717) is 22.3 Å². The summed E-state index contributed by atoms with van der Waals surface area (Å²) in [6, 6.07) is 17.8. The zero-order valence-electron chi connectivity index (χ0n) is 20.2. The number of nitriles is 1. The van der Waals surface area contributed by atoms with Crippen molar-refractivity contribution in [3.63, 3.8) is 0 Å². The van der Waals surface area contributed by atoms with Gasteiger partial charge in [-0.25, -0.2) is 13.2 Å². The number of hydrogen-bond donors (Lipinski definition) is 0. The molecule has 1 saturated heterocycles. The van der Waals surface area contributed by atoms with E-state index in [-0.39, 0.29) is 42.4 Å². The van der Waals surface area contributed by atoms with Gasteiger partial charge >= 0.3 is 6.09 Å². The molecule has 3 aromatic rings. The lowest BCUT2D eigenvalue weighted by Gasteiger charge is -2.33. The third-order valence-corrected chi connectivity index (χ3v) is 7.83. The molecule has 0 aliphatic carbocycles. The Labute approximate surface area is 220 Å². The van der Waals surface area contributed by atoms with Crippen molar-refractivity contribution in [3.05, 3.63) is 76.8 Å². The van der Waals surface area contributed by atoms with Crippen LogP contribution in [0.4, 0.5) is 4.79 Å². The molecule has 37 heavy (non-hydrogen) atoms. The van der Waals surface area contributed by atoms with Crippen molar-refractivity contribution in [2.24, 2.45) is 0 Å². The Bertz CT molecular complexity index is 1430. The average molecular weight is 542 g/mol. The monoisotopic (exact) mass is 541 g/mol. The van der Waals surface area contributed by atoms with Gasteiger partial charge in [0.05, 0.1) is 18.7 Å². The first-order chi connectivity index (χ1) is 17.7. The Morgan fingerprint density at radius 3 is 2.24 bits per heavy atom. The van der Waals surface area contributed by atoms with E-state index in [1.54, 1.807) is 49.6 Å². The third-order valence-electron chi connectivity index (χ3n) is 5.70. The molecule has 9 nitrogen and oxygen atoms in total. The topological polar surface area (TPSA) is 109 Å². The molecule has 1 fully saturated rings. The van der Waals surface area contributed by atoms with E-state index < -0.39 is 16.1 Å². The number of piperazine rings is 1. The summed E-state index contributed by atoms with van der Waals surface area (Å²) in [5, 5.41) is 9.81. The van der Waals surface area contributed by atoms with Gasteiger partial charge in [0.1, 0.15) is 27.9 Å². The lowest BCUT2D eigenvalue weighted by atomic mass is 10.2. The zero-order chi connectivity index (χ0) is 26.6. The molecule has 0 saturated carbocycles. The van der Waals surface area contributed by atoms with Gasteiger partial charge in [0, 0.05) is 31.2 Å². The van der Waals surface area contributed by atoms with Crippen molar-refractivity contribution in [2.75, 3.05) is 33.3 Å². The van der Waals surface area contributed by atoms with Crippen LogP contribution in [-0.4, -0.2) is 57.0 Å². The fourth-order valence-electron chi connectivity index (χ4n) is 3.81. The van der Waals surface area contributed by atoms with Crippen LogP contribution in [0.1, 0.15) is 11.1 Å². The quantitative estimate of drug-likeness (QED) is 0.440. The summed E-state index contributed by atoms with van der Waals surface area (Å²) < 4.78 is 44.8. The van der Waals surface area contributed by atoms with Gasteiger partial charge in [-0.1, -0.05) is 11.6 Å². The lowest BCUT2D eigenvalue weighted by molar-refractivity contribution is 0.132. The average Bonchev–Trinajstić information content (AvgIpc) is 2.88. The predicted molar refractivity (Wildman–Crippen MR) is 137 cm³/mol. The van der Waals surface area contributed by atoms with Gasteiger partial charge in [0.2, 0.25) is 10.0 Å². The molecular formula is C26H24ClN3O6S. The summed E-state index contributed by atoms with van der Waals surface area (Å²) in [6.07, 6.45) is -0.575. The number of sulfonamides is 1. The summed E-state index contributed by atoms with van der Waals surface area (Å²) in [5.41, 5.74) is 1.02. The number of ether oxygens (including phenoxy) is 3. The van der Waals surface area contributed by atoms with E-state index in [1.807, 2.05) is 13.0 Å². The Morgan fingerprint density at radius 2 is 1.62 bits per heavy atom. The Balaban J connectivity index is 1.49. The third kappa shape index (κ3) is 6.14. The number of halogens is 1. The maximum atomic E-state index is 13.6. The molecule has 0 N–H and O–H groups in total. The zero-order valence-corrected chi connectivity index (χ0v) is 21.8. The Hall–Kier alpha value is -3.78. The van der Waals surface area contributed by atoms with Crippen molar-refractivity contribution in [1.82, 2.24) is 9.21 Å². The molecule has 0 aromatic heterocycles. The standard InChI is InChI=1S/C26H24ClN3O6S/c1-18-13-20(27)16-23(14-18)35-24-8-3-19(17-28)15-25(24)37(32,33)30-11-9-29(10-12-30)26(31)36-22-6-4-21(34-2)5-7-22/h3-8,13-16H,9-12H2,1-2H3. The van der Waals surface area contributed by atoms with Crippen LogP contribution >= 0.6 is 11.6 Å². The van der Waals surface area contributed by atoms with Crippen LogP contribution in [0.2, 0.25) is 5.02 Å². The van der Waals surface area contributed by atoms with Gasteiger partial charge in [0.25, 0.3) is 0 Å². The van der Waals surface area contributed by atoms with Crippen LogP contribution in [0, 0.1) is 18.3 Å². The van der Waals surface area contributed by atoms with Gasteiger partial charge < -0.3 is 19.1 Å². The molecule has 0 radical (unpaired) electrons. The van der Waals surface area contributed by atoms with Crippen LogP contribution in [0.3, 0.4) is 0 Å². The van der Waals surface area contributed by atoms with E-state index >= 15 is 0 Å². The highest BCUT2D eigenvalue weighted by Gasteiger charge is 2.33. The second-order valence-corrected chi connectivity index (χ2v) is 10.6. The van der Waals surface area contributed by atoms with Gasteiger partial charge in [0.15, 0.2) is 0 Å². The smallest absolute Gasteiger partial charge is 0.415 e. The Morgan fingerprint density at radius 1 is 0.946 bits per heavy atom. The van der Waals surface area contributed by atoms with Crippen molar-refractivity contribution in [2.45, 2.75) is 11.8 Å². The van der Waals surface area contributed by atoms with Crippen LogP contribution in [0.15, 0.2) is 65.6 Å². The minimum Gasteiger partial charge on any atom is -0.497 e. The van der Waals surface area contributed by atoms with E-state index in [9.17, 15) is 18.5 Å². The molecule has 1 heterocycles. The number of nitrogens with zero attached hydrogens (tertiary/aromatic N) is 3.